The number of nitrogens with zero attached hydrogens (tertiary/aromatic N) is 2. The summed E-state index contributed by atoms with van der Waals surface area (Å²) in [5, 5.41) is 9.60. The molecule has 0 unspecified atom stereocenters. The molecule has 1 saturated heterocycles. The van der Waals surface area contributed by atoms with Gasteiger partial charge in [-0.05, 0) is 91.9 Å². The van der Waals surface area contributed by atoms with E-state index in [1.165, 1.54) is 25.5 Å². The zero-order valence-electron chi connectivity index (χ0n) is 19.4. The van der Waals surface area contributed by atoms with Crippen molar-refractivity contribution in [1.29, 1.82) is 5.26 Å². The van der Waals surface area contributed by atoms with Crippen molar-refractivity contribution in [3.8, 4) is 22.9 Å². The maximum Gasteiger partial charge on any atom is 0.137 e. The smallest absolute Gasteiger partial charge is 0.137 e. The van der Waals surface area contributed by atoms with E-state index in [0.29, 0.717) is 34.8 Å². The molecule has 3 rings (SSSR count). The van der Waals surface area contributed by atoms with Crippen molar-refractivity contribution >= 4 is 0 Å². The second-order valence-electron chi connectivity index (χ2n) is 9.33. The van der Waals surface area contributed by atoms with E-state index in [4.69, 9.17) is 4.74 Å². The molecule has 2 aromatic carbocycles. The molecule has 0 saturated carbocycles. The highest BCUT2D eigenvalue weighted by Crippen LogP contribution is 2.30. The Labute approximate surface area is 186 Å². The maximum atomic E-state index is 13.9. The summed E-state index contributed by atoms with van der Waals surface area (Å²) in [6, 6.07) is 12.9. The Bertz CT molecular complexity index is 921. The van der Waals surface area contributed by atoms with Gasteiger partial charge in [0.1, 0.15) is 17.6 Å². The lowest BCUT2D eigenvalue weighted by atomic mass is 9.83. The number of piperidine rings is 1. The third-order valence-corrected chi connectivity index (χ3v) is 7.10. The predicted molar refractivity (Wildman–Crippen MR) is 125 cm³/mol. The summed E-state index contributed by atoms with van der Waals surface area (Å²) in [7, 11) is 0. The van der Waals surface area contributed by atoms with Crippen LogP contribution < -0.4 is 4.74 Å². The molecule has 31 heavy (non-hydrogen) atoms. The highest BCUT2D eigenvalue weighted by atomic mass is 19.1. The van der Waals surface area contributed by atoms with Gasteiger partial charge in [-0.15, -0.1) is 0 Å². The average Bonchev–Trinajstić information content (AvgIpc) is 2.80. The number of aryl methyl sites for hydroxylation is 1. The summed E-state index contributed by atoms with van der Waals surface area (Å²) >= 11 is 0. The molecule has 1 fully saturated rings. The number of rotatable bonds is 8. The second-order valence-corrected chi connectivity index (χ2v) is 9.33. The number of nitriles is 1. The topological polar surface area (TPSA) is 36.3 Å². The van der Waals surface area contributed by atoms with Crippen molar-refractivity contribution < 1.29 is 9.13 Å². The van der Waals surface area contributed by atoms with Crippen molar-refractivity contribution in [3.63, 3.8) is 0 Å². The molecule has 0 aromatic heterocycles. The molecule has 0 N–H and O–H groups in total. The van der Waals surface area contributed by atoms with Crippen LogP contribution in [0.4, 0.5) is 4.39 Å². The van der Waals surface area contributed by atoms with E-state index in [0.717, 1.165) is 37.1 Å². The highest BCUT2D eigenvalue weighted by molar-refractivity contribution is 5.67. The van der Waals surface area contributed by atoms with Crippen LogP contribution in [0.5, 0.6) is 5.75 Å². The molecular formula is C27H35FN2O. The molecular weight excluding hydrogens is 387 g/mol. The number of hydrogen-bond donors (Lipinski definition) is 0. The minimum Gasteiger partial charge on any atom is -0.492 e. The molecule has 1 heterocycles. The van der Waals surface area contributed by atoms with E-state index in [9.17, 15) is 9.65 Å². The summed E-state index contributed by atoms with van der Waals surface area (Å²) in [5.41, 5.74) is 3.12. The monoisotopic (exact) mass is 422 g/mol. The molecule has 2 aromatic rings. The molecule has 0 spiro atoms. The fourth-order valence-corrected chi connectivity index (χ4v) is 4.23. The molecule has 166 valence electrons. The maximum absolute atomic E-state index is 13.9. The van der Waals surface area contributed by atoms with Crippen LogP contribution in [0, 0.1) is 35.4 Å². The van der Waals surface area contributed by atoms with E-state index >= 15 is 0 Å². The van der Waals surface area contributed by atoms with Gasteiger partial charge in [-0.2, -0.15) is 5.26 Å². The van der Waals surface area contributed by atoms with E-state index < -0.39 is 0 Å². The summed E-state index contributed by atoms with van der Waals surface area (Å²) in [6.07, 6.45) is 4.70. The van der Waals surface area contributed by atoms with Crippen molar-refractivity contribution in [1.82, 2.24) is 4.90 Å². The normalized spacial score (nSPS) is 15.6. The molecule has 0 atom stereocenters. The Hall–Kier alpha value is -2.38. The van der Waals surface area contributed by atoms with Gasteiger partial charge in [0, 0.05) is 6.54 Å². The lowest BCUT2D eigenvalue weighted by Gasteiger charge is -2.38. The van der Waals surface area contributed by atoms with Crippen LogP contribution in [-0.2, 0) is 0 Å². The minimum atomic E-state index is -0.235. The van der Waals surface area contributed by atoms with Gasteiger partial charge in [0.05, 0.1) is 12.2 Å². The fraction of sp³-hybridized carbons (Fsp3) is 0.519. The van der Waals surface area contributed by atoms with Gasteiger partial charge in [-0.1, -0.05) is 39.0 Å². The van der Waals surface area contributed by atoms with Crippen molar-refractivity contribution in [2.75, 3.05) is 26.2 Å². The number of halogens is 1. The number of ether oxygens (including phenoxy) is 1. The van der Waals surface area contributed by atoms with Gasteiger partial charge in [-0.3, -0.25) is 0 Å². The third kappa shape index (κ3) is 5.86. The van der Waals surface area contributed by atoms with Crippen molar-refractivity contribution in [2.24, 2.45) is 11.3 Å². The molecule has 4 heteroatoms. The van der Waals surface area contributed by atoms with Gasteiger partial charge < -0.3 is 9.64 Å². The lowest BCUT2D eigenvalue weighted by Crippen LogP contribution is -2.41. The molecule has 0 aliphatic carbocycles. The Morgan fingerprint density at radius 1 is 1.10 bits per heavy atom. The van der Waals surface area contributed by atoms with Crippen molar-refractivity contribution in [2.45, 2.75) is 53.4 Å². The molecule has 1 aliphatic heterocycles. The van der Waals surface area contributed by atoms with Gasteiger partial charge >= 0.3 is 0 Å². The van der Waals surface area contributed by atoms with Gasteiger partial charge in [0.25, 0.3) is 0 Å². The van der Waals surface area contributed by atoms with Crippen LogP contribution in [0.1, 0.15) is 57.6 Å². The Balaban J connectivity index is 1.57. The van der Waals surface area contributed by atoms with Crippen LogP contribution >= 0.6 is 0 Å². The van der Waals surface area contributed by atoms with E-state index in [1.807, 2.05) is 18.2 Å². The predicted octanol–water partition coefficient (Wildman–Crippen LogP) is 6.59. The Morgan fingerprint density at radius 3 is 2.35 bits per heavy atom. The highest BCUT2D eigenvalue weighted by Gasteiger charge is 2.27. The van der Waals surface area contributed by atoms with Crippen LogP contribution in [0.15, 0.2) is 36.4 Å². The standard InChI is InChI=1S/C27H35FN2O/c1-5-27(4,6-2)19-30-13-11-21(12-14-30)18-31-26-10-9-22(15-24(26)17-29)23-8-7-20(3)25(28)16-23/h7-10,15-16,21H,5-6,11-14,18-19H2,1-4H3. The van der Waals surface area contributed by atoms with Gasteiger partial charge in [0.15, 0.2) is 0 Å². The van der Waals surface area contributed by atoms with E-state index in [2.05, 4.69) is 31.7 Å². The summed E-state index contributed by atoms with van der Waals surface area (Å²) in [4.78, 5) is 2.60. The first-order valence-corrected chi connectivity index (χ1v) is 11.5. The molecule has 0 amide bonds. The number of likely N-dealkylation sites (tertiary alicyclic amines) is 1. The largest absolute Gasteiger partial charge is 0.492 e. The Morgan fingerprint density at radius 2 is 1.74 bits per heavy atom. The quantitative estimate of drug-likeness (QED) is 0.481. The first-order chi connectivity index (χ1) is 14.9. The zero-order chi connectivity index (χ0) is 22.4. The molecule has 1 aliphatic rings. The summed E-state index contributed by atoms with van der Waals surface area (Å²) < 4.78 is 20.0. The Kier molecular flexibility index (Phi) is 7.73. The minimum absolute atomic E-state index is 0.235. The van der Waals surface area contributed by atoms with Crippen LogP contribution in [0.2, 0.25) is 0 Å². The van der Waals surface area contributed by atoms with Crippen LogP contribution in [-0.4, -0.2) is 31.1 Å². The van der Waals surface area contributed by atoms with Crippen molar-refractivity contribution in [3.05, 3.63) is 53.3 Å². The van der Waals surface area contributed by atoms with Crippen LogP contribution in [0.3, 0.4) is 0 Å². The summed E-state index contributed by atoms with van der Waals surface area (Å²) in [5.74, 6) is 0.898. The van der Waals surface area contributed by atoms with E-state index in [1.54, 1.807) is 19.1 Å². The fourth-order valence-electron chi connectivity index (χ4n) is 4.23. The number of hydrogen-bond acceptors (Lipinski definition) is 3. The van der Waals surface area contributed by atoms with Crippen LogP contribution in [0.25, 0.3) is 11.1 Å². The molecule has 0 bridgehead atoms. The third-order valence-electron chi connectivity index (χ3n) is 7.10. The second kappa shape index (κ2) is 10.3. The summed E-state index contributed by atoms with van der Waals surface area (Å²) in [6.45, 7) is 12.8. The average molecular weight is 423 g/mol. The van der Waals surface area contributed by atoms with Gasteiger partial charge in [-0.25, -0.2) is 4.39 Å². The SMILES string of the molecule is CCC(C)(CC)CN1CCC(COc2ccc(-c3ccc(C)c(F)c3)cc2C#N)CC1. The lowest BCUT2D eigenvalue weighted by molar-refractivity contribution is 0.0958. The first kappa shape index (κ1) is 23.3. The molecule has 0 radical (unpaired) electrons. The number of benzene rings is 2. The zero-order valence-corrected chi connectivity index (χ0v) is 19.4. The molecule has 3 nitrogen and oxygen atoms in total. The first-order valence-electron chi connectivity index (χ1n) is 11.5. The van der Waals surface area contributed by atoms with E-state index in [-0.39, 0.29) is 5.82 Å². The van der Waals surface area contributed by atoms with Gasteiger partial charge in [0.2, 0.25) is 0 Å².